The summed E-state index contributed by atoms with van der Waals surface area (Å²) in [7, 11) is 0. The molecule has 2 N–H and O–H groups in total. The molecule has 10 heteroatoms. The monoisotopic (exact) mass is 654 g/mol. The van der Waals surface area contributed by atoms with E-state index in [-0.39, 0.29) is 23.2 Å². The molecule has 4 amide bonds. The molecule has 0 bridgehead atoms. The Morgan fingerprint density at radius 2 is 1.56 bits per heavy atom. The van der Waals surface area contributed by atoms with Crippen molar-refractivity contribution in [3.05, 3.63) is 97.4 Å². The number of amides is 4. The van der Waals surface area contributed by atoms with Crippen LogP contribution in [0, 0.1) is 0 Å². The summed E-state index contributed by atoms with van der Waals surface area (Å²) < 4.78 is 7.01. The van der Waals surface area contributed by atoms with E-state index in [1.807, 2.05) is 12.1 Å². The predicted molar refractivity (Wildman–Crippen MR) is 154 cm³/mol. The maximum Gasteiger partial charge on any atom is 0.335 e. The normalized spacial score (nSPS) is 14.9. The van der Waals surface area contributed by atoms with Gasteiger partial charge in [0.15, 0.2) is 0 Å². The van der Waals surface area contributed by atoms with E-state index in [9.17, 15) is 19.2 Å². The summed E-state index contributed by atoms with van der Waals surface area (Å²) in [5.74, 6) is -2.04. The smallest absolute Gasteiger partial charge is 0.335 e. The molecule has 0 aliphatic carbocycles. The van der Waals surface area contributed by atoms with E-state index in [0.29, 0.717) is 25.9 Å². The Balaban J connectivity index is 1.56. The van der Waals surface area contributed by atoms with E-state index in [2.05, 4.69) is 57.9 Å². The molecule has 1 fully saturated rings. The van der Waals surface area contributed by atoms with Crippen molar-refractivity contribution in [3.8, 4) is 5.75 Å². The predicted octanol–water partition coefficient (Wildman–Crippen LogP) is 6.45. The van der Waals surface area contributed by atoms with Crippen LogP contribution in [0.4, 0.5) is 10.5 Å². The van der Waals surface area contributed by atoms with Gasteiger partial charge in [-0.25, -0.2) is 14.5 Å². The first-order valence-corrected chi connectivity index (χ1v) is 13.4. The van der Waals surface area contributed by atoms with Gasteiger partial charge in [-0.3, -0.25) is 14.9 Å². The second kappa shape index (κ2) is 11.2. The molecule has 3 aromatic rings. The number of halogens is 2. The summed E-state index contributed by atoms with van der Waals surface area (Å²) in [6, 6.07) is 15.9. The average Bonchev–Trinajstić information content (AvgIpc) is 2.86. The van der Waals surface area contributed by atoms with Crippen LogP contribution in [0.5, 0.6) is 5.75 Å². The third kappa shape index (κ3) is 6.29. The minimum absolute atomic E-state index is 0.102. The molecule has 0 radical (unpaired) electrons. The first kappa shape index (κ1) is 28.3. The van der Waals surface area contributed by atoms with Crippen LogP contribution in [-0.2, 0) is 21.6 Å². The summed E-state index contributed by atoms with van der Waals surface area (Å²) in [6.07, 6.45) is 1.41. The summed E-state index contributed by atoms with van der Waals surface area (Å²) in [5.41, 5.74) is 2.57. The van der Waals surface area contributed by atoms with Crippen molar-refractivity contribution in [1.29, 1.82) is 0 Å². The number of nitrogens with one attached hydrogen (secondary N) is 1. The first-order chi connectivity index (χ1) is 18.3. The van der Waals surface area contributed by atoms with Gasteiger partial charge in [-0.2, -0.15) is 0 Å². The molecule has 200 valence electrons. The molecule has 3 aromatic carbocycles. The SMILES string of the molecule is CC(C)(C)c1ccc(N2C(=O)NC(=O)/C(=C/c3cc(Br)c(OCc4ccc(C(=O)O)cc4)c(Br)c3)C2=O)cc1. The average molecular weight is 656 g/mol. The molecule has 0 spiro atoms. The Kier molecular flexibility index (Phi) is 8.08. The number of urea groups is 1. The number of rotatable bonds is 6. The van der Waals surface area contributed by atoms with Gasteiger partial charge in [0.05, 0.1) is 20.2 Å². The van der Waals surface area contributed by atoms with Gasteiger partial charge in [0, 0.05) is 0 Å². The molecule has 0 aromatic heterocycles. The third-order valence-electron chi connectivity index (χ3n) is 6.01. The topological polar surface area (TPSA) is 113 Å². The number of anilines is 1. The number of barbiturate groups is 1. The van der Waals surface area contributed by atoms with Gasteiger partial charge in [-0.15, -0.1) is 0 Å². The van der Waals surface area contributed by atoms with Crippen LogP contribution >= 0.6 is 31.9 Å². The molecule has 0 unspecified atom stereocenters. The van der Waals surface area contributed by atoms with E-state index >= 15 is 0 Å². The Morgan fingerprint density at radius 1 is 0.974 bits per heavy atom. The lowest BCUT2D eigenvalue weighted by Gasteiger charge is -2.27. The van der Waals surface area contributed by atoms with Crippen molar-refractivity contribution in [2.45, 2.75) is 32.8 Å². The zero-order valence-electron chi connectivity index (χ0n) is 21.2. The highest BCUT2D eigenvalue weighted by molar-refractivity contribution is 9.11. The maximum atomic E-state index is 13.3. The number of carbonyl (C=O) groups is 4. The summed E-state index contributed by atoms with van der Waals surface area (Å²) >= 11 is 6.93. The fourth-order valence-corrected chi connectivity index (χ4v) is 5.32. The van der Waals surface area contributed by atoms with Crippen molar-refractivity contribution < 1.29 is 29.0 Å². The number of hydrogen-bond acceptors (Lipinski definition) is 5. The molecule has 1 aliphatic heterocycles. The Labute approximate surface area is 241 Å². The molecular weight excluding hydrogens is 632 g/mol. The minimum Gasteiger partial charge on any atom is -0.487 e. The van der Waals surface area contributed by atoms with E-state index in [0.717, 1.165) is 16.0 Å². The van der Waals surface area contributed by atoms with Gasteiger partial charge in [0.25, 0.3) is 11.8 Å². The molecule has 1 heterocycles. The lowest BCUT2D eigenvalue weighted by molar-refractivity contribution is -0.122. The van der Waals surface area contributed by atoms with E-state index in [1.165, 1.54) is 18.2 Å². The maximum absolute atomic E-state index is 13.3. The van der Waals surface area contributed by atoms with Crippen LogP contribution in [0.25, 0.3) is 6.08 Å². The van der Waals surface area contributed by atoms with Crippen molar-refractivity contribution in [1.82, 2.24) is 5.32 Å². The minimum atomic E-state index is -1.01. The van der Waals surface area contributed by atoms with Gasteiger partial charge in [0.1, 0.15) is 17.9 Å². The van der Waals surface area contributed by atoms with Crippen LogP contribution in [0.3, 0.4) is 0 Å². The van der Waals surface area contributed by atoms with E-state index in [1.54, 1.807) is 36.4 Å². The lowest BCUT2D eigenvalue weighted by Crippen LogP contribution is -2.54. The zero-order chi connectivity index (χ0) is 28.5. The summed E-state index contributed by atoms with van der Waals surface area (Å²) in [4.78, 5) is 50.4. The fraction of sp³-hybridized carbons (Fsp3) is 0.172. The zero-order valence-corrected chi connectivity index (χ0v) is 24.4. The van der Waals surface area contributed by atoms with Crippen molar-refractivity contribution in [2.75, 3.05) is 4.90 Å². The number of hydrogen-bond donors (Lipinski definition) is 2. The Bertz CT molecular complexity index is 1480. The first-order valence-electron chi connectivity index (χ1n) is 11.8. The van der Waals surface area contributed by atoms with Crippen molar-refractivity contribution in [2.24, 2.45) is 0 Å². The molecule has 0 atom stereocenters. The Morgan fingerprint density at radius 3 is 2.10 bits per heavy atom. The van der Waals surface area contributed by atoms with Gasteiger partial charge in [-0.1, -0.05) is 45.0 Å². The number of benzene rings is 3. The van der Waals surface area contributed by atoms with Gasteiger partial charge in [0.2, 0.25) is 0 Å². The van der Waals surface area contributed by atoms with Crippen LogP contribution in [-0.4, -0.2) is 28.9 Å². The fourth-order valence-electron chi connectivity index (χ4n) is 3.87. The van der Waals surface area contributed by atoms with Crippen molar-refractivity contribution >= 4 is 67.4 Å². The second-order valence-corrected chi connectivity index (χ2v) is 11.6. The van der Waals surface area contributed by atoms with Gasteiger partial charge >= 0.3 is 12.0 Å². The standard InChI is InChI=1S/C29H24Br2N2O6/c1-29(2,3)19-8-10-20(11-9-19)33-26(35)21(25(34)32-28(33)38)12-17-13-22(30)24(23(31)14-17)39-15-16-4-6-18(7-5-16)27(36)37/h4-14H,15H2,1-3H3,(H,36,37)(H,32,34,38)/b21-12-. The second-order valence-electron chi connectivity index (χ2n) is 9.86. The summed E-state index contributed by atoms with van der Waals surface area (Å²) in [6.45, 7) is 6.37. The number of nitrogens with zero attached hydrogens (tertiary/aromatic N) is 1. The van der Waals surface area contributed by atoms with E-state index < -0.39 is 23.8 Å². The highest BCUT2D eigenvalue weighted by Gasteiger charge is 2.37. The summed E-state index contributed by atoms with van der Waals surface area (Å²) in [5, 5.41) is 11.3. The molecule has 0 saturated carbocycles. The molecular formula is C29H24Br2N2O6. The quantitative estimate of drug-likeness (QED) is 0.233. The van der Waals surface area contributed by atoms with Crippen LogP contribution in [0.15, 0.2) is 75.2 Å². The third-order valence-corrected chi connectivity index (χ3v) is 7.19. The number of imide groups is 2. The molecule has 1 saturated heterocycles. The number of aromatic carboxylic acids is 1. The lowest BCUT2D eigenvalue weighted by atomic mass is 9.87. The molecule has 39 heavy (non-hydrogen) atoms. The number of carbonyl (C=O) groups excluding carboxylic acids is 3. The highest BCUT2D eigenvalue weighted by Crippen LogP contribution is 2.36. The van der Waals surface area contributed by atoms with Gasteiger partial charge < -0.3 is 9.84 Å². The number of ether oxygens (including phenoxy) is 1. The van der Waals surface area contributed by atoms with Crippen LogP contribution in [0.2, 0.25) is 0 Å². The van der Waals surface area contributed by atoms with Crippen molar-refractivity contribution in [3.63, 3.8) is 0 Å². The van der Waals surface area contributed by atoms with Gasteiger partial charge in [-0.05, 0) is 96.4 Å². The molecule has 4 rings (SSSR count). The highest BCUT2D eigenvalue weighted by atomic mass is 79.9. The number of carboxylic acids is 1. The Hall–Kier alpha value is -3.76. The van der Waals surface area contributed by atoms with Crippen LogP contribution < -0.4 is 15.0 Å². The molecule has 8 nitrogen and oxygen atoms in total. The number of carboxylic acid groups (broad SMARTS) is 1. The molecule has 1 aliphatic rings. The largest absolute Gasteiger partial charge is 0.487 e. The van der Waals surface area contributed by atoms with Crippen LogP contribution in [0.1, 0.15) is 47.8 Å². The van der Waals surface area contributed by atoms with E-state index in [4.69, 9.17) is 9.84 Å².